The summed E-state index contributed by atoms with van der Waals surface area (Å²) in [5, 5.41) is 8.86. The van der Waals surface area contributed by atoms with Crippen molar-refractivity contribution in [3.63, 3.8) is 0 Å². The zero-order chi connectivity index (χ0) is 16.4. The summed E-state index contributed by atoms with van der Waals surface area (Å²) in [6.45, 7) is 0. The van der Waals surface area contributed by atoms with Crippen LogP contribution in [-0.4, -0.2) is 40.0 Å². The number of pyridine rings is 1. The number of aryl methyl sites for hydroxylation is 1. The molecule has 1 amide bonds. The number of carbonyl (C=O) groups is 2. The number of hydrogen-bond donors (Lipinski definition) is 1. The van der Waals surface area contributed by atoms with Gasteiger partial charge in [-0.25, -0.2) is 9.78 Å². The van der Waals surface area contributed by atoms with Crippen LogP contribution in [0, 0.1) is 0 Å². The van der Waals surface area contributed by atoms with Gasteiger partial charge in [-0.1, -0.05) is 24.3 Å². The third kappa shape index (κ3) is 3.08. The van der Waals surface area contributed by atoms with E-state index in [4.69, 9.17) is 5.11 Å². The molecule has 1 atom stereocenters. The number of carboxylic acid groups (broad SMARTS) is 1. The number of rotatable bonds is 3. The molecule has 1 unspecified atom stereocenters. The lowest BCUT2D eigenvalue weighted by Gasteiger charge is -2.32. The molecule has 3 rings (SSSR count). The molecule has 5 heteroatoms. The molecule has 0 spiro atoms. The van der Waals surface area contributed by atoms with E-state index in [9.17, 15) is 9.59 Å². The number of carboxylic acids is 1. The third-order valence-corrected chi connectivity index (χ3v) is 4.42. The Balaban J connectivity index is 1.74. The SMILES string of the molecule is CN(C(=O)c1ccc(C(=O)O)nc1)C1CCc2ccccc2C1. The van der Waals surface area contributed by atoms with Crippen LogP contribution in [0.4, 0.5) is 0 Å². The first kappa shape index (κ1) is 15.2. The average Bonchev–Trinajstić information content (AvgIpc) is 2.60. The molecule has 0 bridgehead atoms. The summed E-state index contributed by atoms with van der Waals surface area (Å²) in [6, 6.07) is 11.4. The van der Waals surface area contributed by atoms with Crippen molar-refractivity contribution >= 4 is 11.9 Å². The molecule has 118 valence electrons. The van der Waals surface area contributed by atoms with E-state index >= 15 is 0 Å². The molecule has 1 aromatic carbocycles. The highest BCUT2D eigenvalue weighted by atomic mass is 16.4. The largest absolute Gasteiger partial charge is 0.477 e. The number of amides is 1. The predicted octanol–water partition coefficient (Wildman–Crippen LogP) is 2.41. The second kappa shape index (κ2) is 6.20. The monoisotopic (exact) mass is 310 g/mol. The molecule has 1 aliphatic rings. The Hall–Kier alpha value is -2.69. The van der Waals surface area contributed by atoms with Crippen LogP contribution in [0.25, 0.3) is 0 Å². The smallest absolute Gasteiger partial charge is 0.354 e. The van der Waals surface area contributed by atoms with E-state index in [0.29, 0.717) is 5.56 Å². The van der Waals surface area contributed by atoms with E-state index in [2.05, 4.69) is 17.1 Å². The van der Waals surface area contributed by atoms with Crippen molar-refractivity contribution in [1.82, 2.24) is 9.88 Å². The van der Waals surface area contributed by atoms with Crippen molar-refractivity contribution < 1.29 is 14.7 Å². The second-order valence-electron chi connectivity index (χ2n) is 5.82. The van der Waals surface area contributed by atoms with Crippen molar-refractivity contribution in [3.8, 4) is 0 Å². The Kier molecular flexibility index (Phi) is 4.10. The van der Waals surface area contributed by atoms with E-state index < -0.39 is 5.97 Å². The fourth-order valence-electron chi connectivity index (χ4n) is 3.03. The normalized spacial score (nSPS) is 16.5. The van der Waals surface area contributed by atoms with Gasteiger partial charge < -0.3 is 10.0 Å². The number of fused-ring (bicyclic) bond motifs is 1. The number of benzene rings is 1. The topological polar surface area (TPSA) is 70.5 Å². The molecule has 1 aromatic heterocycles. The van der Waals surface area contributed by atoms with Crippen LogP contribution in [0.15, 0.2) is 42.6 Å². The van der Waals surface area contributed by atoms with Crippen LogP contribution in [0.3, 0.4) is 0 Å². The van der Waals surface area contributed by atoms with E-state index in [0.717, 1.165) is 19.3 Å². The van der Waals surface area contributed by atoms with Crippen molar-refractivity contribution in [2.24, 2.45) is 0 Å². The molecule has 1 heterocycles. The Morgan fingerprint density at radius 2 is 1.91 bits per heavy atom. The summed E-state index contributed by atoms with van der Waals surface area (Å²) in [6.07, 6.45) is 4.08. The Morgan fingerprint density at radius 1 is 1.17 bits per heavy atom. The number of aromatic carboxylic acids is 1. The zero-order valence-electron chi connectivity index (χ0n) is 12.9. The van der Waals surface area contributed by atoms with Gasteiger partial charge in [0.15, 0.2) is 0 Å². The Bertz CT molecular complexity index is 740. The molecule has 0 radical (unpaired) electrons. The van der Waals surface area contributed by atoms with E-state index in [1.165, 1.54) is 29.5 Å². The zero-order valence-corrected chi connectivity index (χ0v) is 12.9. The molecule has 0 aliphatic heterocycles. The standard InChI is InChI=1S/C18H18N2O3/c1-20(15-8-6-12-4-2-3-5-13(12)10-15)17(21)14-7-9-16(18(22)23)19-11-14/h2-5,7,9,11,15H,6,8,10H2,1H3,(H,22,23). The van der Waals surface area contributed by atoms with Gasteiger partial charge in [-0.05, 0) is 42.5 Å². The van der Waals surface area contributed by atoms with Gasteiger partial charge in [-0.3, -0.25) is 4.79 Å². The van der Waals surface area contributed by atoms with Crippen molar-refractivity contribution in [1.29, 1.82) is 0 Å². The average molecular weight is 310 g/mol. The van der Waals surface area contributed by atoms with Gasteiger partial charge in [0.05, 0.1) is 5.56 Å². The van der Waals surface area contributed by atoms with Crippen molar-refractivity contribution in [2.75, 3.05) is 7.05 Å². The Morgan fingerprint density at radius 3 is 2.57 bits per heavy atom. The van der Waals surface area contributed by atoms with Gasteiger partial charge in [0.2, 0.25) is 0 Å². The third-order valence-electron chi connectivity index (χ3n) is 4.42. The fraction of sp³-hybridized carbons (Fsp3) is 0.278. The number of nitrogens with zero attached hydrogens (tertiary/aromatic N) is 2. The van der Waals surface area contributed by atoms with Crippen LogP contribution in [0.1, 0.15) is 38.4 Å². The van der Waals surface area contributed by atoms with E-state index in [1.54, 1.807) is 11.9 Å². The predicted molar refractivity (Wildman–Crippen MR) is 85.5 cm³/mol. The van der Waals surface area contributed by atoms with Crippen LogP contribution < -0.4 is 0 Å². The molecule has 1 N–H and O–H groups in total. The maximum atomic E-state index is 12.6. The first-order chi connectivity index (χ1) is 11.1. The summed E-state index contributed by atoms with van der Waals surface area (Å²) in [5.41, 5.74) is 3.01. The molecule has 5 nitrogen and oxygen atoms in total. The van der Waals surface area contributed by atoms with Gasteiger partial charge in [0.1, 0.15) is 5.69 Å². The lowest BCUT2D eigenvalue weighted by molar-refractivity contribution is 0.0683. The highest BCUT2D eigenvalue weighted by Crippen LogP contribution is 2.24. The maximum absolute atomic E-state index is 12.6. The quantitative estimate of drug-likeness (QED) is 0.945. The minimum absolute atomic E-state index is 0.0594. The summed E-state index contributed by atoms with van der Waals surface area (Å²) in [5.74, 6) is -1.22. The van der Waals surface area contributed by atoms with Crippen LogP contribution in [0.2, 0.25) is 0 Å². The summed E-state index contributed by atoms with van der Waals surface area (Å²) in [7, 11) is 1.80. The number of aromatic nitrogens is 1. The van der Waals surface area contributed by atoms with Crippen LogP contribution in [-0.2, 0) is 12.8 Å². The van der Waals surface area contributed by atoms with Gasteiger partial charge in [-0.15, -0.1) is 0 Å². The van der Waals surface area contributed by atoms with Crippen LogP contribution in [0.5, 0.6) is 0 Å². The highest BCUT2D eigenvalue weighted by Gasteiger charge is 2.25. The summed E-state index contributed by atoms with van der Waals surface area (Å²) < 4.78 is 0. The second-order valence-corrected chi connectivity index (χ2v) is 5.82. The molecule has 1 aliphatic carbocycles. The molecule has 0 fully saturated rings. The molecule has 2 aromatic rings. The first-order valence-electron chi connectivity index (χ1n) is 7.59. The van der Waals surface area contributed by atoms with E-state index in [-0.39, 0.29) is 17.6 Å². The maximum Gasteiger partial charge on any atom is 0.354 e. The molecule has 0 saturated carbocycles. The summed E-state index contributed by atoms with van der Waals surface area (Å²) in [4.78, 5) is 29.0. The minimum atomic E-state index is -1.10. The summed E-state index contributed by atoms with van der Waals surface area (Å²) >= 11 is 0. The number of likely N-dealkylation sites (N-methyl/N-ethyl adjacent to an activating group) is 1. The van der Waals surface area contributed by atoms with Gasteiger partial charge >= 0.3 is 5.97 Å². The van der Waals surface area contributed by atoms with Gasteiger partial charge in [-0.2, -0.15) is 0 Å². The van der Waals surface area contributed by atoms with Crippen molar-refractivity contribution in [3.05, 3.63) is 65.0 Å². The minimum Gasteiger partial charge on any atom is -0.477 e. The van der Waals surface area contributed by atoms with Gasteiger partial charge in [0, 0.05) is 19.3 Å². The molecule has 0 saturated heterocycles. The lowest BCUT2D eigenvalue weighted by Crippen LogP contribution is -2.40. The first-order valence-corrected chi connectivity index (χ1v) is 7.59. The molecular formula is C18H18N2O3. The van der Waals surface area contributed by atoms with Gasteiger partial charge in [0.25, 0.3) is 5.91 Å². The molecule has 23 heavy (non-hydrogen) atoms. The van der Waals surface area contributed by atoms with Crippen molar-refractivity contribution in [2.45, 2.75) is 25.3 Å². The van der Waals surface area contributed by atoms with E-state index in [1.807, 2.05) is 12.1 Å². The Labute approximate surface area is 134 Å². The highest BCUT2D eigenvalue weighted by molar-refractivity contribution is 5.95. The fourth-order valence-corrected chi connectivity index (χ4v) is 3.03. The molecular weight excluding hydrogens is 292 g/mol. The van der Waals surface area contributed by atoms with Crippen LogP contribution >= 0.6 is 0 Å². The number of carbonyl (C=O) groups excluding carboxylic acids is 1. The number of hydrogen-bond acceptors (Lipinski definition) is 3. The lowest BCUT2D eigenvalue weighted by atomic mass is 9.87.